The summed E-state index contributed by atoms with van der Waals surface area (Å²) >= 11 is 2.62. The van der Waals surface area contributed by atoms with Crippen LogP contribution in [-0.2, 0) is 36.5 Å². The van der Waals surface area contributed by atoms with Gasteiger partial charge in [-0.25, -0.2) is 8.42 Å². The highest BCUT2D eigenvalue weighted by atomic mass is 32.2. The first kappa shape index (κ1) is 23.2. The summed E-state index contributed by atoms with van der Waals surface area (Å²) in [6, 6.07) is 14.5. The zero-order valence-electron chi connectivity index (χ0n) is 17.1. The van der Waals surface area contributed by atoms with Crippen molar-refractivity contribution in [1.82, 2.24) is 4.57 Å². The Balaban J connectivity index is 1.90. The van der Waals surface area contributed by atoms with E-state index in [-0.39, 0.29) is 29.7 Å². The third-order valence-corrected chi connectivity index (χ3v) is 7.37. The van der Waals surface area contributed by atoms with Gasteiger partial charge < -0.3 is 9.30 Å². The summed E-state index contributed by atoms with van der Waals surface area (Å²) < 4.78 is 31.0. The number of thioether (sulfide) groups is 1. The highest BCUT2D eigenvalue weighted by Crippen LogP contribution is 2.22. The van der Waals surface area contributed by atoms with E-state index in [2.05, 4.69) is 4.99 Å². The fourth-order valence-electron chi connectivity index (χ4n) is 2.83. The molecule has 7 nitrogen and oxygen atoms in total. The van der Waals surface area contributed by atoms with Gasteiger partial charge >= 0.3 is 5.97 Å². The van der Waals surface area contributed by atoms with Crippen LogP contribution in [0.25, 0.3) is 10.2 Å². The minimum absolute atomic E-state index is 0.116. The van der Waals surface area contributed by atoms with Gasteiger partial charge in [-0.2, -0.15) is 4.99 Å². The fourth-order valence-corrected chi connectivity index (χ4v) is 5.40. The van der Waals surface area contributed by atoms with Gasteiger partial charge in [0.15, 0.2) is 14.6 Å². The van der Waals surface area contributed by atoms with E-state index in [4.69, 9.17) is 4.74 Å². The summed E-state index contributed by atoms with van der Waals surface area (Å²) in [5.41, 5.74) is 1.74. The first-order valence-electron chi connectivity index (χ1n) is 9.46. The topological polar surface area (TPSA) is 94.8 Å². The van der Waals surface area contributed by atoms with Gasteiger partial charge in [0, 0.05) is 12.0 Å². The second-order valence-electron chi connectivity index (χ2n) is 6.66. The monoisotopic (exact) mass is 478 g/mol. The number of carbonyl (C=O) groups is 2. The maximum Gasteiger partial charge on any atom is 0.326 e. The van der Waals surface area contributed by atoms with Crippen molar-refractivity contribution in [2.75, 3.05) is 18.6 Å². The summed E-state index contributed by atoms with van der Waals surface area (Å²) in [6.07, 6.45) is 1.13. The Morgan fingerprint density at radius 3 is 2.58 bits per heavy atom. The normalized spacial score (nSPS) is 12.3. The van der Waals surface area contributed by atoms with E-state index in [1.165, 1.54) is 35.2 Å². The number of sulfone groups is 1. The average Bonchev–Trinajstić information content (AvgIpc) is 3.04. The Labute approximate surface area is 188 Å². The maximum absolute atomic E-state index is 12.5. The summed E-state index contributed by atoms with van der Waals surface area (Å²) in [4.78, 5) is 29.2. The van der Waals surface area contributed by atoms with Crippen molar-refractivity contribution < 1.29 is 22.7 Å². The Morgan fingerprint density at radius 2 is 1.90 bits per heavy atom. The van der Waals surface area contributed by atoms with Crippen molar-refractivity contribution in [2.45, 2.75) is 24.1 Å². The van der Waals surface area contributed by atoms with E-state index in [0.717, 1.165) is 11.8 Å². The number of benzene rings is 2. The molecule has 31 heavy (non-hydrogen) atoms. The molecule has 0 atom stereocenters. The Bertz CT molecular complexity index is 1260. The highest BCUT2D eigenvalue weighted by molar-refractivity contribution is 7.99. The van der Waals surface area contributed by atoms with Crippen LogP contribution >= 0.6 is 23.1 Å². The Hall–Kier alpha value is -2.43. The molecule has 0 bridgehead atoms. The molecule has 0 radical (unpaired) electrons. The molecule has 0 spiro atoms. The van der Waals surface area contributed by atoms with Crippen molar-refractivity contribution >= 4 is 55.0 Å². The lowest BCUT2D eigenvalue weighted by molar-refractivity contribution is -0.143. The number of aromatic nitrogens is 1. The number of hydrogen-bond acceptors (Lipinski definition) is 7. The zero-order chi connectivity index (χ0) is 22.4. The van der Waals surface area contributed by atoms with E-state index < -0.39 is 15.8 Å². The number of nitrogens with zero attached hydrogens (tertiary/aromatic N) is 2. The maximum atomic E-state index is 12.5. The second kappa shape index (κ2) is 10.3. The van der Waals surface area contributed by atoms with Crippen LogP contribution in [0.2, 0.25) is 0 Å². The number of fused-ring (bicyclic) bond motifs is 1. The lowest BCUT2D eigenvalue weighted by Crippen LogP contribution is -2.23. The van der Waals surface area contributed by atoms with Crippen LogP contribution in [0.1, 0.15) is 12.5 Å². The van der Waals surface area contributed by atoms with Gasteiger partial charge in [0.05, 0.1) is 27.5 Å². The van der Waals surface area contributed by atoms with Crippen LogP contribution in [0, 0.1) is 0 Å². The fraction of sp³-hybridized carbons (Fsp3) is 0.286. The zero-order valence-corrected chi connectivity index (χ0v) is 19.6. The third kappa shape index (κ3) is 6.28. The molecule has 0 N–H and O–H groups in total. The molecule has 1 aromatic heterocycles. The molecule has 2 aromatic carbocycles. The van der Waals surface area contributed by atoms with Crippen LogP contribution in [0.4, 0.5) is 0 Å². The first-order valence-corrected chi connectivity index (χ1v) is 13.3. The van der Waals surface area contributed by atoms with E-state index in [9.17, 15) is 18.0 Å². The summed E-state index contributed by atoms with van der Waals surface area (Å²) in [6.45, 7) is 1.84. The van der Waals surface area contributed by atoms with Gasteiger partial charge in [-0.1, -0.05) is 41.7 Å². The molecule has 0 saturated carbocycles. The largest absolute Gasteiger partial charge is 0.465 e. The molecule has 164 valence electrons. The molecular weight excluding hydrogens is 456 g/mol. The molecule has 0 fully saturated rings. The molecule has 3 aromatic rings. The molecule has 0 saturated heterocycles. The van der Waals surface area contributed by atoms with Crippen molar-refractivity contribution in [2.24, 2.45) is 4.99 Å². The van der Waals surface area contributed by atoms with Crippen molar-refractivity contribution in [3.8, 4) is 0 Å². The molecule has 0 aliphatic heterocycles. The van der Waals surface area contributed by atoms with Gasteiger partial charge in [0.2, 0.25) is 0 Å². The second-order valence-corrected chi connectivity index (χ2v) is 10.7. The summed E-state index contributed by atoms with van der Waals surface area (Å²) in [5, 5.41) is 0. The standard InChI is InChI=1S/C21H22N2O5S3/c1-3-28-20(25)12-23-17-10-9-16(31(2,26)27)11-18(17)30-21(23)22-19(24)14-29-13-15-7-5-4-6-8-15/h4-11H,3,12-14H2,1-2H3. The molecule has 10 heteroatoms. The Kier molecular flexibility index (Phi) is 7.69. The number of hydrogen-bond donors (Lipinski definition) is 0. The van der Waals surface area contributed by atoms with Gasteiger partial charge in [-0.05, 0) is 30.7 Å². The lowest BCUT2D eigenvalue weighted by Gasteiger charge is -2.05. The number of thiazole rings is 1. The van der Waals surface area contributed by atoms with Gasteiger partial charge in [-0.15, -0.1) is 11.8 Å². The third-order valence-electron chi connectivity index (χ3n) is 4.23. The van der Waals surface area contributed by atoms with Crippen LogP contribution in [0.15, 0.2) is 58.4 Å². The van der Waals surface area contributed by atoms with E-state index >= 15 is 0 Å². The summed E-state index contributed by atoms with van der Waals surface area (Å²) in [5.74, 6) is 0.0989. The number of carbonyl (C=O) groups excluding carboxylic acids is 2. The molecule has 0 aliphatic rings. The molecule has 0 aliphatic carbocycles. The predicted octanol–water partition coefficient (Wildman–Crippen LogP) is 3.03. The van der Waals surface area contributed by atoms with Gasteiger partial charge in [-0.3, -0.25) is 9.59 Å². The van der Waals surface area contributed by atoms with E-state index in [1.807, 2.05) is 30.3 Å². The van der Waals surface area contributed by atoms with E-state index in [0.29, 0.717) is 20.8 Å². The Morgan fingerprint density at radius 1 is 1.16 bits per heavy atom. The highest BCUT2D eigenvalue weighted by Gasteiger charge is 2.15. The number of amides is 1. The van der Waals surface area contributed by atoms with E-state index in [1.54, 1.807) is 17.6 Å². The first-order chi connectivity index (χ1) is 14.8. The molecule has 1 heterocycles. The summed E-state index contributed by atoms with van der Waals surface area (Å²) in [7, 11) is -3.39. The van der Waals surface area contributed by atoms with Crippen molar-refractivity contribution in [3.05, 3.63) is 58.9 Å². The number of rotatable bonds is 8. The average molecular weight is 479 g/mol. The van der Waals surface area contributed by atoms with Gasteiger partial charge in [0.1, 0.15) is 6.54 Å². The van der Waals surface area contributed by atoms with Crippen LogP contribution in [-0.4, -0.2) is 43.5 Å². The predicted molar refractivity (Wildman–Crippen MR) is 123 cm³/mol. The molecule has 0 unspecified atom stereocenters. The van der Waals surface area contributed by atoms with Crippen LogP contribution < -0.4 is 4.80 Å². The molecule has 3 rings (SSSR count). The van der Waals surface area contributed by atoms with Crippen molar-refractivity contribution in [1.29, 1.82) is 0 Å². The minimum Gasteiger partial charge on any atom is -0.465 e. The number of ether oxygens (including phenoxy) is 1. The quantitative estimate of drug-likeness (QED) is 0.462. The van der Waals surface area contributed by atoms with Crippen LogP contribution in [0.5, 0.6) is 0 Å². The minimum atomic E-state index is -3.39. The lowest BCUT2D eigenvalue weighted by atomic mass is 10.2. The van der Waals surface area contributed by atoms with Crippen molar-refractivity contribution in [3.63, 3.8) is 0 Å². The molecule has 1 amide bonds. The molecular formula is C21H22N2O5S3. The SMILES string of the molecule is CCOC(=O)Cn1c(=NC(=O)CSCc2ccccc2)sc2cc(S(C)(=O)=O)ccc21. The van der Waals surface area contributed by atoms with Gasteiger partial charge in [0.25, 0.3) is 5.91 Å². The smallest absolute Gasteiger partial charge is 0.326 e. The number of esters is 1. The van der Waals surface area contributed by atoms with Crippen LogP contribution in [0.3, 0.4) is 0 Å².